The van der Waals surface area contributed by atoms with Gasteiger partial charge in [0.15, 0.2) is 0 Å². The molecule has 4 amide bonds. The molecule has 0 bridgehead atoms. The van der Waals surface area contributed by atoms with Crippen molar-refractivity contribution in [2.24, 2.45) is 0 Å². The van der Waals surface area contributed by atoms with E-state index in [0.717, 1.165) is 16.7 Å². The first-order valence-electron chi connectivity index (χ1n) is 12.1. The van der Waals surface area contributed by atoms with E-state index in [1.165, 1.54) is 0 Å². The van der Waals surface area contributed by atoms with Crippen molar-refractivity contribution in [3.63, 3.8) is 0 Å². The number of carbonyl (C=O) groups excluding carboxylic acids is 4. The summed E-state index contributed by atoms with van der Waals surface area (Å²) in [4.78, 5) is 53.2. The Hall–Kier alpha value is -3.59. The fraction of sp³-hybridized carbons (Fsp3) is 0.360. The first kappa shape index (κ1) is 24.1. The summed E-state index contributed by atoms with van der Waals surface area (Å²) in [6.07, 6.45) is 0.274. The number of hydrogen-bond donors (Lipinski definition) is 1. The molecule has 0 aromatic heterocycles. The number of ether oxygens (including phenoxy) is 2. The second kappa shape index (κ2) is 9.46. The summed E-state index contributed by atoms with van der Waals surface area (Å²) in [6, 6.07) is 13.2. The topological polar surface area (TPSA) is 105 Å². The zero-order valence-corrected chi connectivity index (χ0v) is 20.4. The van der Waals surface area contributed by atoms with Crippen molar-refractivity contribution >= 4 is 39.3 Å². The molecule has 0 aliphatic carbocycles. The molecular formula is C25H27B2N3O6. The van der Waals surface area contributed by atoms with E-state index in [4.69, 9.17) is 9.47 Å². The molecule has 9 nitrogen and oxygen atoms in total. The molecule has 3 heterocycles. The van der Waals surface area contributed by atoms with Crippen molar-refractivity contribution in [1.82, 2.24) is 15.1 Å². The Bertz CT molecular complexity index is 1240. The summed E-state index contributed by atoms with van der Waals surface area (Å²) in [5, 5.41) is 2.41. The minimum Gasteiger partial charge on any atom is -0.489 e. The van der Waals surface area contributed by atoms with Crippen molar-refractivity contribution in [1.29, 1.82) is 0 Å². The monoisotopic (exact) mass is 487 g/mol. The number of carbonyl (C=O) groups is 4. The highest BCUT2D eigenvalue weighted by Gasteiger charge is 2.50. The largest absolute Gasteiger partial charge is 0.489 e. The molecular weight excluding hydrogens is 460 g/mol. The fourth-order valence-electron chi connectivity index (χ4n) is 5.06. The van der Waals surface area contributed by atoms with E-state index in [2.05, 4.69) is 5.32 Å². The average molecular weight is 487 g/mol. The van der Waals surface area contributed by atoms with Crippen molar-refractivity contribution in [2.45, 2.75) is 37.4 Å². The maximum absolute atomic E-state index is 13.3. The predicted octanol–water partition coefficient (Wildman–Crippen LogP) is -0.622. The summed E-state index contributed by atoms with van der Waals surface area (Å²) in [6.45, 7) is 2.37. The normalized spacial score (nSPS) is 24.1. The van der Waals surface area contributed by atoms with Gasteiger partial charge in [0.05, 0.1) is 18.6 Å². The van der Waals surface area contributed by atoms with Crippen LogP contribution in [-0.2, 0) is 38.8 Å². The van der Waals surface area contributed by atoms with Gasteiger partial charge in [0, 0.05) is 30.0 Å². The number of amides is 4. The molecule has 2 atom stereocenters. The van der Waals surface area contributed by atoms with E-state index in [0.29, 0.717) is 37.6 Å². The molecule has 1 N–H and O–H groups in total. The van der Waals surface area contributed by atoms with Gasteiger partial charge in [-0.2, -0.15) is 0 Å². The number of imide groups is 1. The highest BCUT2D eigenvalue weighted by Crippen LogP contribution is 2.38. The van der Waals surface area contributed by atoms with Gasteiger partial charge in [-0.05, 0) is 29.7 Å². The highest BCUT2D eigenvalue weighted by atomic mass is 16.5. The van der Waals surface area contributed by atoms with Crippen molar-refractivity contribution < 1.29 is 28.7 Å². The number of nitrogens with one attached hydrogen (secondary N) is 1. The molecule has 0 saturated carbocycles. The lowest BCUT2D eigenvalue weighted by Crippen LogP contribution is -2.64. The van der Waals surface area contributed by atoms with E-state index < -0.39 is 11.3 Å². The van der Waals surface area contributed by atoms with Crippen molar-refractivity contribution in [3.8, 4) is 5.75 Å². The van der Waals surface area contributed by atoms with Crippen LogP contribution in [-0.4, -0.2) is 74.3 Å². The van der Waals surface area contributed by atoms with E-state index >= 15 is 0 Å². The number of fused-ring (bicyclic) bond motifs is 1. The lowest BCUT2D eigenvalue weighted by atomic mass is 9.62. The van der Waals surface area contributed by atoms with Crippen LogP contribution in [0, 0.1) is 0 Å². The number of nitrogens with zero attached hydrogens (tertiary/aromatic N) is 2. The highest BCUT2D eigenvalue weighted by molar-refractivity contribution is 6.36. The van der Waals surface area contributed by atoms with Crippen LogP contribution in [0.5, 0.6) is 5.75 Å². The van der Waals surface area contributed by atoms with Crippen LogP contribution in [0.25, 0.3) is 0 Å². The SMILES string of the molecule is BC1CC(B)(N2Cc3c(OCc4ccc(CN5CCOCC5=O)cc4)cccc3C2=O)C(=O)NC1=O. The predicted molar refractivity (Wildman–Crippen MR) is 135 cm³/mol. The summed E-state index contributed by atoms with van der Waals surface area (Å²) >= 11 is 0. The van der Waals surface area contributed by atoms with Crippen LogP contribution in [0.4, 0.5) is 0 Å². The molecule has 2 saturated heterocycles. The quantitative estimate of drug-likeness (QED) is 0.431. The van der Waals surface area contributed by atoms with Crippen LogP contribution in [0.2, 0.25) is 5.82 Å². The van der Waals surface area contributed by atoms with Gasteiger partial charge >= 0.3 is 0 Å². The zero-order chi connectivity index (χ0) is 25.4. The first-order chi connectivity index (χ1) is 17.3. The third-order valence-electron chi connectivity index (χ3n) is 7.27. The van der Waals surface area contributed by atoms with Gasteiger partial charge in [0.25, 0.3) is 5.91 Å². The maximum Gasteiger partial charge on any atom is 0.254 e. The van der Waals surface area contributed by atoms with Gasteiger partial charge in [0.2, 0.25) is 17.7 Å². The maximum atomic E-state index is 13.3. The molecule has 3 aliphatic rings. The van der Waals surface area contributed by atoms with E-state index in [9.17, 15) is 19.2 Å². The van der Waals surface area contributed by atoms with Gasteiger partial charge < -0.3 is 19.3 Å². The Morgan fingerprint density at radius 3 is 2.58 bits per heavy atom. The van der Waals surface area contributed by atoms with Gasteiger partial charge in [-0.1, -0.05) is 30.3 Å². The number of benzene rings is 2. The lowest BCUT2D eigenvalue weighted by Gasteiger charge is -2.42. The van der Waals surface area contributed by atoms with E-state index in [1.807, 2.05) is 30.3 Å². The molecule has 2 aromatic rings. The number of piperidine rings is 1. The second-order valence-electron chi connectivity index (χ2n) is 9.84. The van der Waals surface area contributed by atoms with Crippen LogP contribution < -0.4 is 10.1 Å². The molecule has 3 aliphatic heterocycles. The van der Waals surface area contributed by atoms with Gasteiger partial charge in [-0.15, -0.1) is 0 Å². The van der Waals surface area contributed by atoms with Gasteiger partial charge in [-0.25, -0.2) is 0 Å². The first-order valence-corrected chi connectivity index (χ1v) is 12.1. The third kappa shape index (κ3) is 4.39. The summed E-state index contributed by atoms with van der Waals surface area (Å²) in [7, 11) is 3.47. The van der Waals surface area contributed by atoms with E-state index in [1.54, 1.807) is 37.6 Å². The molecule has 36 heavy (non-hydrogen) atoms. The standard InChI is InChI=1S/C25H27B2N3O6/c26-19-10-25(27,24(34)28-22(19)32)30-12-18-17(23(30)33)2-1-3-20(18)36-13-16-6-4-15(5-7-16)11-29-8-9-35-14-21(29)31/h1-7,19H,8-14,26-27H2,(H,28,32,34). The molecule has 0 radical (unpaired) electrons. The van der Waals surface area contributed by atoms with Crippen molar-refractivity contribution in [3.05, 3.63) is 64.7 Å². The van der Waals surface area contributed by atoms with Crippen LogP contribution >= 0.6 is 0 Å². The van der Waals surface area contributed by atoms with Gasteiger partial charge in [-0.3, -0.25) is 24.5 Å². The molecule has 2 fully saturated rings. The average Bonchev–Trinajstić information content (AvgIpc) is 3.21. The zero-order valence-electron chi connectivity index (χ0n) is 20.4. The van der Waals surface area contributed by atoms with Crippen LogP contribution in [0.3, 0.4) is 0 Å². The van der Waals surface area contributed by atoms with Crippen LogP contribution in [0.1, 0.15) is 33.5 Å². The Balaban J connectivity index is 1.27. The Kier molecular flexibility index (Phi) is 6.34. The van der Waals surface area contributed by atoms with Gasteiger partial charge in [0.1, 0.15) is 34.7 Å². The minimum absolute atomic E-state index is 0.00388. The molecule has 184 valence electrons. The summed E-state index contributed by atoms with van der Waals surface area (Å²) < 4.78 is 11.3. The smallest absolute Gasteiger partial charge is 0.254 e. The minimum atomic E-state index is -1.11. The van der Waals surface area contributed by atoms with Crippen LogP contribution in [0.15, 0.2) is 42.5 Å². The van der Waals surface area contributed by atoms with Crippen molar-refractivity contribution in [2.75, 3.05) is 19.8 Å². The third-order valence-corrected chi connectivity index (χ3v) is 7.27. The molecule has 5 rings (SSSR count). The number of morpholine rings is 1. The number of hydrogen-bond acceptors (Lipinski definition) is 6. The molecule has 2 unspecified atom stereocenters. The molecule has 0 spiro atoms. The Morgan fingerprint density at radius 1 is 1.08 bits per heavy atom. The molecule has 11 heteroatoms. The molecule has 2 aromatic carbocycles. The summed E-state index contributed by atoms with van der Waals surface area (Å²) in [5.41, 5.74) is 2.12. The Labute approximate surface area is 210 Å². The number of rotatable bonds is 6. The Morgan fingerprint density at radius 2 is 1.83 bits per heavy atom. The fourth-order valence-corrected chi connectivity index (χ4v) is 5.06. The lowest BCUT2D eigenvalue weighted by molar-refractivity contribution is -0.143. The second-order valence-corrected chi connectivity index (χ2v) is 9.84. The van der Waals surface area contributed by atoms with E-state index in [-0.39, 0.29) is 43.1 Å². The summed E-state index contributed by atoms with van der Waals surface area (Å²) in [5.74, 6) is -0.784.